The van der Waals surface area contributed by atoms with E-state index in [2.05, 4.69) is 23.3 Å². The van der Waals surface area contributed by atoms with Gasteiger partial charge in [-0.15, -0.1) is 0 Å². The van der Waals surface area contributed by atoms with E-state index in [1.165, 1.54) is 5.56 Å². The van der Waals surface area contributed by atoms with Gasteiger partial charge in [-0.25, -0.2) is 0 Å². The van der Waals surface area contributed by atoms with Crippen LogP contribution in [-0.4, -0.2) is 24.5 Å². The number of para-hydroxylation sites is 1. The number of hydrogen-bond donors (Lipinski definition) is 1. The number of amides is 1. The molecule has 0 aliphatic rings. The molecule has 3 rings (SSSR count). The molecule has 4 nitrogen and oxygen atoms in total. The number of hydrogen-bond acceptors (Lipinski definition) is 3. The Bertz CT molecular complexity index is 917. The second kappa shape index (κ2) is 8.00. The van der Waals surface area contributed by atoms with Crippen molar-refractivity contribution in [1.82, 2.24) is 10.3 Å². The smallest absolute Gasteiger partial charge is 0.224 e. The summed E-state index contributed by atoms with van der Waals surface area (Å²) in [4.78, 5) is 17.0. The monoisotopic (exact) mass is 348 g/mol. The molecule has 0 spiro atoms. The molecule has 3 aromatic rings. The van der Waals surface area contributed by atoms with Crippen molar-refractivity contribution in [3.05, 3.63) is 70.9 Å². The lowest BCUT2D eigenvalue weighted by Gasteiger charge is -2.13. The second-order valence-electron chi connectivity index (χ2n) is 6.44. The van der Waals surface area contributed by atoms with E-state index in [1.54, 1.807) is 7.11 Å². The molecule has 1 amide bonds. The fraction of sp³-hybridized carbons (Fsp3) is 0.273. The van der Waals surface area contributed by atoms with Crippen LogP contribution < -0.4 is 10.1 Å². The molecule has 26 heavy (non-hydrogen) atoms. The third-order valence-corrected chi connectivity index (χ3v) is 4.72. The lowest BCUT2D eigenvalue weighted by molar-refractivity contribution is -0.120. The quantitative estimate of drug-likeness (QED) is 0.738. The summed E-state index contributed by atoms with van der Waals surface area (Å²) < 4.78 is 5.16. The van der Waals surface area contributed by atoms with Gasteiger partial charge < -0.3 is 10.1 Å². The van der Waals surface area contributed by atoms with Crippen LogP contribution >= 0.6 is 0 Å². The van der Waals surface area contributed by atoms with Crippen LogP contribution in [0.15, 0.2) is 48.5 Å². The Kier molecular flexibility index (Phi) is 5.52. The van der Waals surface area contributed by atoms with Crippen molar-refractivity contribution in [3.63, 3.8) is 0 Å². The minimum absolute atomic E-state index is 0.0294. The van der Waals surface area contributed by atoms with Gasteiger partial charge in [0.15, 0.2) is 0 Å². The molecule has 1 N–H and O–H groups in total. The van der Waals surface area contributed by atoms with Crippen LogP contribution in [0.1, 0.15) is 22.4 Å². The van der Waals surface area contributed by atoms with Crippen molar-refractivity contribution in [3.8, 4) is 5.75 Å². The topological polar surface area (TPSA) is 51.2 Å². The first-order valence-corrected chi connectivity index (χ1v) is 8.83. The molecule has 0 atom stereocenters. The van der Waals surface area contributed by atoms with Gasteiger partial charge in [0, 0.05) is 17.6 Å². The molecule has 0 fully saturated rings. The first-order valence-electron chi connectivity index (χ1n) is 8.83. The Morgan fingerprint density at radius 1 is 1.08 bits per heavy atom. The third-order valence-electron chi connectivity index (χ3n) is 4.72. The number of pyridine rings is 1. The number of nitrogens with zero attached hydrogens (tertiary/aromatic N) is 1. The lowest BCUT2D eigenvalue weighted by atomic mass is 9.99. The van der Waals surface area contributed by atoms with Crippen LogP contribution in [0.5, 0.6) is 5.75 Å². The second-order valence-corrected chi connectivity index (χ2v) is 6.44. The van der Waals surface area contributed by atoms with Crippen molar-refractivity contribution in [2.45, 2.75) is 26.7 Å². The molecular formula is C22H24N2O2. The molecule has 0 saturated heterocycles. The highest BCUT2D eigenvalue weighted by molar-refractivity contribution is 5.86. The summed E-state index contributed by atoms with van der Waals surface area (Å²) in [7, 11) is 1.65. The van der Waals surface area contributed by atoms with Crippen molar-refractivity contribution >= 4 is 16.8 Å². The SMILES string of the molecule is COc1ccc(CCNC(=O)Cc2c(C)nc3ccccc3c2C)cc1. The molecule has 0 bridgehead atoms. The highest BCUT2D eigenvalue weighted by Gasteiger charge is 2.12. The standard InChI is InChI=1S/C22H24N2O2/c1-15-19-6-4-5-7-21(19)24-16(2)20(15)14-22(25)23-13-12-17-8-10-18(26-3)11-9-17/h4-11H,12-14H2,1-3H3,(H,23,25). The largest absolute Gasteiger partial charge is 0.497 e. The average molecular weight is 348 g/mol. The summed E-state index contributed by atoms with van der Waals surface area (Å²) in [5, 5.41) is 4.12. The zero-order valence-electron chi connectivity index (χ0n) is 15.5. The minimum atomic E-state index is 0.0294. The summed E-state index contributed by atoms with van der Waals surface area (Å²) in [6.07, 6.45) is 1.15. The number of aryl methyl sites for hydroxylation is 2. The molecule has 0 radical (unpaired) electrons. The molecule has 0 aliphatic heterocycles. The maximum atomic E-state index is 12.4. The molecule has 0 saturated carbocycles. The number of rotatable bonds is 6. The van der Waals surface area contributed by atoms with Gasteiger partial charge in [0.1, 0.15) is 5.75 Å². The zero-order chi connectivity index (χ0) is 18.5. The van der Waals surface area contributed by atoms with Gasteiger partial charge in [-0.1, -0.05) is 30.3 Å². The Morgan fingerprint density at radius 3 is 2.54 bits per heavy atom. The Labute approximate surface area is 154 Å². The van der Waals surface area contributed by atoms with Crippen molar-refractivity contribution in [2.24, 2.45) is 0 Å². The van der Waals surface area contributed by atoms with E-state index >= 15 is 0 Å². The predicted molar refractivity (Wildman–Crippen MR) is 105 cm³/mol. The van der Waals surface area contributed by atoms with Crippen LogP contribution in [0.4, 0.5) is 0 Å². The molecule has 4 heteroatoms. The maximum Gasteiger partial charge on any atom is 0.224 e. The molecule has 1 aromatic heterocycles. The Hall–Kier alpha value is -2.88. The van der Waals surface area contributed by atoms with E-state index in [0.29, 0.717) is 13.0 Å². The van der Waals surface area contributed by atoms with Crippen LogP contribution in [0, 0.1) is 13.8 Å². The van der Waals surface area contributed by atoms with Crippen molar-refractivity contribution < 1.29 is 9.53 Å². The normalized spacial score (nSPS) is 10.7. The van der Waals surface area contributed by atoms with Gasteiger partial charge in [-0.05, 0) is 55.2 Å². The number of carbonyl (C=O) groups is 1. The van der Waals surface area contributed by atoms with Gasteiger partial charge >= 0.3 is 0 Å². The number of nitrogens with one attached hydrogen (secondary N) is 1. The Balaban J connectivity index is 1.62. The molecule has 0 aliphatic carbocycles. The molecule has 134 valence electrons. The van der Waals surface area contributed by atoms with Crippen LogP contribution in [0.2, 0.25) is 0 Å². The minimum Gasteiger partial charge on any atom is -0.497 e. The van der Waals surface area contributed by atoms with Crippen LogP contribution in [0.3, 0.4) is 0 Å². The van der Waals surface area contributed by atoms with E-state index in [9.17, 15) is 4.79 Å². The fourth-order valence-electron chi connectivity index (χ4n) is 3.19. The number of fused-ring (bicyclic) bond motifs is 1. The number of aromatic nitrogens is 1. The summed E-state index contributed by atoms with van der Waals surface area (Å²) in [5.41, 5.74) is 5.23. The van der Waals surface area contributed by atoms with Crippen molar-refractivity contribution in [1.29, 1.82) is 0 Å². The summed E-state index contributed by atoms with van der Waals surface area (Å²) in [6, 6.07) is 16.0. The number of ether oxygens (including phenoxy) is 1. The summed E-state index contributed by atoms with van der Waals surface area (Å²) in [6.45, 7) is 4.65. The third kappa shape index (κ3) is 4.02. The van der Waals surface area contributed by atoms with E-state index < -0.39 is 0 Å². The van der Waals surface area contributed by atoms with E-state index in [-0.39, 0.29) is 5.91 Å². The van der Waals surface area contributed by atoms with Crippen LogP contribution in [-0.2, 0) is 17.6 Å². The van der Waals surface area contributed by atoms with Crippen LogP contribution in [0.25, 0.3) is 10.9 Å². The first-order chi connectivity index (χ1) is 12.6. The van der Waals surface area contributed by atoms with Gasteiger partial charge in [0.25, 0.3) is 0 Å². The summed E-state index contributed by atoms with van der Waals surface area (Å²) in [5.74, 6) is 0.870. The molecule has 2 aromatic carbocycles. The number of methoxy groups -OCH3 is 1. The van der Waals surface area contributed by atoms with E-state index in [0.717, 1.165) is 39.9 Å². The highest BCUT2D eigenvalue weighted by Crippen LogP contribution is 2.22. The average Bonchev–Trinajstić information content (AvgIpc) is 2.66. The first kappa shape index (κ1) is 17.9. The van der Waals surface area contributed by atoms with Gasteiger partial charge in [-0.3, -0.25) is 9.78 Å². The maximum absolute atomic E-state index is 12.4. The molecule has 0 unspecified atom stereocenters. The van der Waals surface area contributed by atoms with E-state index in [4.69, 9.17) is 4.74 Å². The predicted octanol–water partition coefficient (Wildman–Crippen LogP) is 3.76. The zero-order valence-corrected chi connectivity index (χ0v) is 15.5. The molecule has 1 heterocycles. The van der Waals surface area contributed by atoms with E-state index in [1.807, 2.05) is 49.4 Å². The van der Waals surface area contributed by atoms with Gasteiger partial charge in [0.05, 0.1) is 19.0 Å². The molecular weight excluding hydrogens is 324 g/mol. The van der Waals surface area contributed by atoms with Gasteiger partial charge in [-0.2, -0.15) is 0 Å². The van der Waals surface area contributed by atoms with Gasteiger partial charge in [0.2, 0.25) is 5.91 Å². The highest BCUT2D eigenvalue weighted by atomic mass is 16.5. The lowest BCUT2D eigenvalue weighted by Crippen LogP contribution is -2.28. The number of carbonyl (C=O) groups excluding carboxylic acids is 1. The fourth-order valence-corrected chi connectivity index (χ4v) is 3.19. The van der Waals surface area contributed by atoms with Crippen molar-refractivity contribution in [2.75, 3.05) is 13.7 Å². The number of benzene rings is 2. The Morgan fingerprint density at radius 2 is 1.81 bits per heavy atom. The summed E-state index contributed by atoms with van der Waals surface area (Å²) >= 11 is 0.